The van der Waals surface area contributed by atoms with Gasteiger partial charge >= 0.3 is 6.03 Å². The van der Waals surface area contributed by atoms with Crippen LogP contribution < -0.4 is 4.74 Å². The Morgan fingerprint density at radius 3 is 2.38 bits per heavy atom. The lowest BCUT2D eigenvalue weighted by atomic mass is 9.93. The Labute approximate surface area is 139 Å². The van der Waals surface area contributed by atoms with Gasteiger partial charge in [0.05, 0.1) is 25.4 Å². The minimum atomic E-state index is -0.251. The fraction of sp³-hybridized carbons (Fsp3) is 0.353. The number of amides is 3. The van der Waals surface area contributed by atoms with Gasteiger partial charge in [-0.2, -0.15) is 5.10 Å². The van der Waals surface area contributed by atoms with E-state index in [0.29, 0.717) is 0 Å². The zero-order chi connectivity index (χ0) is 16.7. The van der Waals surface area contributed by atoms with Gasteiger partial charge in [-0.25, -0.2) is 19.8 Å². The molecule has 7 nitrogen and oxygen atoms in total. The predicted molar refractivity (Wildman–Crippen MR) is 87.3 cm³/mol. The summed E-state index contributed by atoms with van der Waals surface area (Å²) in [6, 6.07) is 7.02. The summed E-state index contributed by atoms with van der Waals surface area (Å²) in [5, 5.41) is 8.59. The molecule has 0 saturated carbocycles. The molecule has 2 bridgehead atoms. The summed E-state index contributed by atoms with van der Waals surface area (Å²) < 4.78 is 5.11. The zero-order valence-electron chi connectivity index (χ0n) is 13.3. The van der Waals surface area contributed by atoms with E-state index in [1.165, 1.54) is 5.01 Å². The molecule has 24 heavy (non-hydrogen) atoms. The molecule has 124 valence electrons. The summed E-state index contributed by atoms with van der Waals surface area (Å²) in [5.74, 6) is 0.656. The number of ether oxygens (including phenoxy) is 1. The van der Waals surface area contributed by atoms with Crippen LogP contribution in [0.15, 0.2) is 41.5 Å². The van der Waals surface area contributed by atoms with Gasteiger partial charge in [0.25, 0.3) is 5.91 Å². The number of rotatable bonds is 3. The average molecular weight is 326 g/mol. The van der Waals surface area contributed by atoms with Crippen LogP contribution in [0.2, 0.25) is 0 Å². The summed E-state index contributed by atoms with van der Waals surface area (Å²) in [6.45, 7) is -0.0287. The van der Waals surface area contributed by atoms with E-state index in [0.717, 1.165) is 24.2 Å². The Hall–Kier alpha value is -2.83. The average Bonchev–Trinajstić information content (AvgIpc) is 2.64. The van der Waals surface area contributed by atoms with Crippen LogP contribution in [-0.4, -0.2) is 58.9 Å². The lowest BCUT2D eigenvalue weighted by molar-refractivity contribution is -0.165. The molecule has 3 amide bonds. The monoisotopic (exact) mass is 326 g/mol. The van der Waals surface area contributed by atoms with E-state index in [2.05, 4.69) is 5.10 Å². The van der Waals surface area contributed by atoms with Crippen LogP contribution in [0.5, 0.6) is 5.75 Å². The van der Waals surface area contributed by atoms with Crippen LogP contribution in [-0.2, 0) is 4.79 Å². The minimum Gasteiger partial charge on any atom is -0.497 e. The molecular weight excluding hydrogens is 308 g/mol. The third-order valence-electron chi connectivity index (χ3n) is 4.59. The van der Waals surface area contributed by atoms with E-state index in [1.54, 1.807) is 23.3 Å². The Morgan fingerprint density at radius 1 is 1.08 bits per heavy atom. The largest absolute Gasteiger partial charge is 0.497 e. The first-order valence-electron chi connectivity index (χ1n) is 7.96. The van der Waals surface area contributed by atoms with Crippen molar-refractivity contribution in [3.63, 3.8) is 0 Å². The van der Waals surface area contributed by atoms with Gasteiger partial charge in [-0.3, -0.25) is 4.79 Å². The standard InChI is InChI=1S/C17H18N4O3/c1-24-15-8-2-12(3-9-15)10-18-19-11-16(22)20-13-4-6-14(7-5-13)21(20)17(19)23/h2-4,6,8-10,13-14H,5,7,11H2,1H3/b18-10-/t13-,14-/m0/s1. The first-order valence-corrected chi connectivity index (χ1v) is 7.96. The Bertz CT molecular complexity index is 728. The maximum Gasteiger partial charge on any atom is 0.360 e. The minimum absolute atomic E-state index is 0.000771. The van der Waals surface area contributed by atoms with E-state index in [4.69, 9.17) is 4.74 Å². The Balaban J connectivity index is 1.54. The van der Waals surface area contributed by atoms with Gasteiger partial charge in [0, 0.05) is 0 Å². The molecule has 3 aliphatic heterocycles. The second kappa shape index (κ2) is 5.67. The number of fused-ring (bicyclic) bond motifs is 1. The van der Waals surface area contributed by atoms with E-state index in [9.17, 15) is 9.59 Å². The molecule has 1 aliphatic carbocycles. The highest BCUT2D eigenvalue weighted by molar-refractivity contribution is 5.91. The summed E-state index contributed by atoms with van der Waals surface area (Å²) in [5.41, 5.74) is 0.832. The van der Waals surface area contributed by atoms with Crippen molar-refractivity contribution in [2.24, 2.45) is 5.10 Å². The number of hydrogen-bond acceptors (Lipinski definition) is 4. The van der Waals surface area contributed by atoms with Gasteiger partial charge in [-0.1, -0.05) is 12.2 Å². The predicted octanol–water partition coefficient (Wildman–Crippen LogP) is 1.61. The van der Waals surface area contributed by atoms with Gasteiger partial charge in [-0.15, -0.1) is 0 Å². The number of hydrogen-bond donors (Lipinski definition) is 0. The number of carbonyl (C=O) groups is 2. The molecule has 3 heterocycles. The fourth-order valence-electron chi connectivity index (χ4n) is 3.36. The molecule has 0 aromatic heterocycles. The second-order valence-corrected chi connectivity index (χ2v) is 6.04. The molecule has 1 aromatic carbocycles. The smallest absolute Gasteiger partial charge is 0.360 e. The quantitative estimate of drug-likeness (QED) is 0.626. The Morgan fingerprint density at radius 2 is 1.75 bits per heavy atom. The van der Waals surface area contributed by atoms with Crippen molar-refractivity contribution in [2.75, 3.05) is 13.7 Å². The van der Waals surface area contributed by atoms with E-state index in [-0.39, 0.29) is 30.6 Å². The summed E-state index contributed by atoms with van der Waals surface area (Å²) in [4.78, 5) is 25.1. The van der Waals surface area contributed by atoms with Crippen LogP contribution in [0.4, 0.5) is 4.79 Å². The molecule has 2 saturated heterocycles. The van der Waals surface area contributed by atoms with Crippen molar-refractivity contribution >= 4 is 18.2 Å². The summed E-state index contributed by atoms with van der Waals surface area (Å²) in [7, 11) is 1.60. The van der Waals surface area contributed by atoms with Crippen LogP contribution in [0.3, 0.4) is 0 Å². The summed E-state index contributed by atoms with van der Waals surface area (Å²) in [6.07, 6.45) is 7.40. The van der Waals surface area contributed by atoms with Crippen LogP contribution >= 0.6 is 0 Å². The first-order chi connectivity index (χ1) is 11.7. The highest BCUT2D eigenvalue weighted by Gasteiger charge is 2.47. The highest BCUT2D eigenvalue weighted by atomic mass is 16.5. The van der Waals surface area contributed by atoms with Crippen molar-refractivity contribution in [3.8, 4) is 5.75 Å². The molecule has 5 rings (SSSR count). The molecule has 0 radical (unpaired) electrons. The number of benzene rings is 1. The maximum absolute atomic E-state index is 12.7. The third-order valence-corrected chi connectivity index (χ3v) is 4.59. The zero-order valence-corrected chi connectivity index (χ0v) is 13.3. The molecule has 0 unspecified atom stereocenters. The number of hydrazine groups is 1. The molecular formula is C17H18N4O3. The van der Waals surface area contributed by atoms with Gasteiger partial charge in [0.15, 0.2) is 0 Å². The van der Waals surface area contributed by atoms with Gasteiger partial charge < -0.3 is 4.74 Å². The highest BCUT2D eigenvalue weighted by Crippen LogP contribution is 2.33. The fourth-order valence-corrected chi connectivity index (χ4v) is 3.36. The number of methoxy groups -OCH3 is 1. The van der Waals surface area contributed by atoms with Crippen molar-refractivity contribution in [1.82, 2.24) is 15.0 Å². The third kappa shape index (κ3) is 2.33. The van der Waals surface area contributed by atoms with Gasteiger partial charge in [0.1, 0.15) is 12.3 Å². The lowest BCUT2D eigenvalue weighted by Gasteiger charge is -2.52. The van der Waals surface area contributed by atoms with E-state index >= 15 is 0 Å². The molecule has 1 aromatic rings. The number of carbonyl (C=O) groups excluding carboxylic acids is 2. The van der Waals surface area contributed by atoms with E-state index < -0.39 is 0 Å². The van der Waals surface area contributed by atoms with E-state index in [1.807, 2.05) is 36.4 Å². The normalized spacial score (nSPS) is 25.6. The summed E-state index contributed by atoms with van der Waals surface area (Å²) >= 11 is 0. The van der Waals surface area contributed by atoms with Crippen LogP contribution in [0.25, 0.3) is 0 Å². The van der Waals surface area contributed by atoms with Crippen molar-refractivity contribution < 1.29 is 14.3 Å². The van der Waals surface area contributed by atoms with Crippen LogP contribution in [0, 0.1) is 0 Å². The SMILES string of the molecule is COc1ccc(/C=N\N2CC(=O)N3[C@H]4C=C[C@@H](CC4)N3C2=O)cc1. The van der Waals surface area contributed by atoms with Crippen LogP contribution in [0.1, 0.15) is 18.4 Å². The van der Waals surface area contributed by atoms with Gasteiger partial charge in [0.2, 0.25) is 0 Å². The number of urea groups is 1. The van der Waals surface area contributed by atoms with Gasteiger partial charge in [-0.05, 0) is 42.7 Å². The molecule has 2 fully saturated rings. The topological polar surface area (TPSA) is 65.5 Å². The first kappa shape index (κ1) is 14.7. The number of hydrazone groups is 1. The van der Waals surface area contributed by atoms with Crippen molar-refractivity contribution in [3.05, 3.63) is 42.0 Å². The number of nitrogens with zero attached hydrogens (tertiary/aromatic N) is 4. The van der Waals surface area contributed by atoms with Crippen molar-refractivity contribution in [2.45, 2.75) is 24.9 Å². The van der Waals surface area contributed by atoms with Crippen molar-refractivity contribution in [1.29, 1.82) is 0 Å². The molecule has 0 spiro atoms. The molecule has 0 N–H and O–H groups in total. The molecule has 7 heteroatoms. The lowest BCUT2D eigenvalue weighted by Crippen LogP contribution is -2.69. The Kier molecular flexibility index (Phi) is 3.48. The maximum atomic E-state index is 12.7. The molecule has 2 atom stereocenters. The second-order valence-electron chi connectivity index (χ2n) is 6.04. The molecule has 4 aliphatic rings.